The maximum Gasteiger partial charge on any atom is 0.237 e. The highest BCUT2D eigenvalue weighted by molar-refractivity contribution is 8.01. The molecule has 1 atom stereocenters. The zero-order valence-electron chi connectivity index (χ0n) is 14.2. The standard InChI is InChI=1S/C18H18ClFN2O3S/c1-11(18(24)22-15-9-12(19)3-8-16(15)25-2)26-10-17(23)21-14-6-4-13(20)5-7-14/h3-9,11H,10H2,1-2H3,(H,21,23)(H,22,24). The predicted molar refractivity (Wildman–Crippen MR) is 104 cm³/mol. The Bertz CT molecular complexity index is 787. The summed E-state index contributed by atoms with van der Waals surface area (Å²) in [7, 11) is 1.50. The molecule has 0 saturated heterocycles. The summed E-state index contributed by atoms with van der Waals surface area (Å²) in [4.78, 5) is 24.2. The smallest absolute Gasteiger partial charge is 0.237 e. The van der Waals surface area contributed by atoms with Crippen LogP contribution in [0.25, 0.3) is 0 Å². The number of carbonyl (C=O) groups is 2. The first-order valence-electron chi connectivity index (χ1n) is 7.70. The lowest BCUT2D eigenvalue weighted by Gasteiger charge is -2.14. The first-order valence-corrected chi connectivity index (χ1v) is 9.13. The summed E-state index contributed by atoms with van der Waals surface area (Å²) < 4.78 is 18.0. The van der Waals surface area contributed by atoms with Crippen molar-refractivity contribution in [3.05, 3.63) is 53.3 Å². The summed E-state index contributed by atoms with van der Waals surface area (Å²) in [6.07, 6.45) is 0. The maximum absolute atomic E-state index is 12.8. The molecule has 0 aromatic heterocycles. The normalized spacial score (nSPS) is 11.5. The van der Waals surface area contributed by atoms with Crippen molar-refractivity contribution in [3.63, 3.8) is 0 Å². The van der Waals surface area contributed by atoms with E-state index in [0.717, 1.165) is 0 Å². The number of hydrogen-bond donors (Lipinski definition) is 2. The van der Waals surface area contributed by atoms with Gasteiger partial charge in [-0.2, -0.15) is 0 Å². The Kier molecular flexibility index (Phi) is 7.29. The molecule has 0 radical (unpaired) electrons. The fourth-order valence-corrected chi connectivity index (χ4v) is 2.87. The van der Waals surface area contributed by atoms with Crippen molar-refractivity contribution in [1.82, 2.24) is 0 Å². The monoisotopic (exact) mass is 396 g/mol. The molecule has 2 amide bonds. The van der Waals surface area contributed by atoms with Crippen molar-refractivity contribution < 1.29 is 18.7 Å². The third-order valence-corrected chi connectivity index (χ3v) is 4.76. The van der Waals surface area contributed by atoms with Gasteiger partial charge in [-0.05, 0) is 49.4 Å². The van der Waals surface area contributed by atoms with E-state index in [1.807, 2.05) is 0 Å². The van der Waals surface area contributed by atoms with E-state index in [1.165, 1.54) is 43.1 Å². The van der Waals surface area contributed by atoms with Crippen molar-refractivity contribution in [2.75, 3.05) is 23.5 Å². The van der Waals surface area contributed by atoms with Crippen LogP contribution in [0.15, 0.2) is 42.5 Å². The summed E-state index contributed by atoms with van der Waals surface area (Å²) in [6.45, 7) is 1.70. The maximum atomic E-state index is 12.8. The molecule has 0 saturated carbocycles. The number of hydrogen-bond acceptors (Lipinski definition) is 4. The first-order chi connectivity index (χ1) is 12.4. The van der Waals surface area contributed by atoms with Gasteiger partial charge in [0.05, 0.1) is 23.8 Å². The quantitative estimate of drug-likeness (QED) is 0.736. The zero-order valence-corrected chi connectivity index (χ0v) is 15.8. The van der Waals surface area contributed by atoms with Crippen LogP contribution in [0.3, 0.4) is 0 Å². The van der Waals surface area contributed by atoms with E-state index < -0.39 is 5.25 Å². The highest BCUT2D eigenvalue weighted by Crippen LogP contribution is 2.28. The van der Waals surface area contributed by atoms with Crippen LogP contribution in [0.4, 0.5) is 15.8 Å². The molecular weight excluding hydrogens is 379 g/mol. The summed E-state index contributed by atoms with van der Waals surface area (Å²) in [5, 5.41) is 5.38. The second-order valence-corrected chi connectivity index (χ2v) is 7.11. The molecule has 26 heavy (non-hydrogen) atoms. The van der Waals surface area contributed by atoms with Gasteiger partial charge < -0.3 is 15.4 Å². The van der Waals surface area contributed by atoms with E-state index in [-0.39, 0.29) is 23.4 Å². The van der Waals surface area contributed by atoms with Gasteiger partial charge >= 0.3 is 0 Å². The number of thioether (sulfide) groups is 1. The molecule has 0 fully saturated rings. The van der Waals surface area contributed by atoms with E-state index in [2.05, 4.69) is 10.6 Å². The van der Waals surface area contributed by atoms with E-state index in [1.54, 1.807) is 25.1 Å². The Balaban J connectivity index is 1.86. The highest BCUT2D eigenvalue weighted by Gasteiger charge is 2.17. The minimum Gasteiger partial charge on any atom is -0.495 e. The molecule has 2 aromatic carbocycles. The van der Waals surface area contributed by atoms with Gasteiger partial charge in [0.25, 0.3) is 0 Å². The van der Waals surface area contributed by atoms with E-state index in [4.69, 9.17) is 16.3 Å². The van der Waals surface area contributed by atoms with E-state index in [0.29, 0.717) is 22.1 Å². The van der Waals surface area contributed by atoms with Crippen LogP contribution in [-0.2, 0) is 9.59 Å². The molecule has 0 bridgehead atoms. The number of carbonyl (C=O) groups excluding carboxylic acids is 2. The second kappa shape index (κ2) is 9.45. The molecule has 2 aromatic rings. The number of nitrogens with one attached hydrogen (secondary N) is 2. The van der Waals surface area contributed by atoms with Crippen molar-refractivity contribution >= 4 is 46.6 Å². The number of anilines is 2. The average Bonchev–Trinajstić information content (AvgIpc) is 2.61. The molecule has 0 aliphatic carbocycles. The van der Waals surface area contributed by atoms with Gasteiger partial charge in [-0.15, -0.1) is 11.8 Å². The van der Waals surface area contributed by atoms with Crippen LogP contribution in [0.5, 0.6) is 5.75 Å². The molecule has 5 nitrogen and oxygen atoms in total. The van der Waals surface area contributed by atoms with E-state index in [9.17, 15) is 14.0 Å². The van der Waals surface area contributed by atoms with Gasteiger partial charge in [0.15, 0.2) is 0 Å². The van der Waals surface area contributed by atoms with Crippen molar-refractivity contribution in [2.45, 2.75) is 12.2 Å². The lowest BCUT2D eigenvalue weighted by atomic mass is 10.3. The number of benzene rings is 2. The minimum absolute atomic E-state index is 0.0820. The van der Waals surface area contributed by atoms with E-state index >= 15 is 0 Å². The Morgan fingerprint density at radius 1 is 1.19 bits per heavy atom. The SMILES string of the molecule is COc1ccc(Cl)cc1NC(=O)C(C)SCC(=O)Nc1ccc(F)cc1. The Morgan fingerprint density at radius 3 is 2.54 bits per heavy atom. The molecule has 2 rings (SSSR count). The lowest BCUT2D eigenvalue weighted by molar-refractivity contribution is -0.115. The molecule has 0 aliphatic heterocycles. The third-order valence-electron chi connectivity index (χ3n) is 3.38. The van der Waals surface area contributed by atoms with Crippen LogP contribution in [-0.4, -0.2) is 29.9 Å². The molecular formula is C18H18ClFN2O3S. The fourth-order valence-electron chi connectivity index (χ4n) is 2.02. The minimum atomic E-state index is -0.474. The van der Waals surface area contributed by atoms with Gasteiger partial charge in [0.2, 0.25) is 11.8 Å². The summed E-state index contributed by atoms with van der Waals surface area (Å²) >= 11 is 7.12. The van der Waals surface area contributed by atoms with Crippen molar-refractivity contribution in [3.8, 4) is 5.75 Å². The largest absolute Gasteiger partial charge is 0.495 e. The summed E-state index contributed by atoms with van der Waals surface area (Å²) in [6, 6.07) is 10.4. The number of halogens is 2. The van der Waals surface area contributed by atoms with Crippen molar-refractivity contribution in [1.29, 1.82) is 0 Å². The van der Waals surface area contributed by atoms with Crippen LogP contribution in [0.2, 0.25) is 5.02 Å². The van der Waals surface area contributed by atoms with Crippen LogP contribution in [0, 0.1) is 5.82 Å². The molecule has 0 spiro atoms. The zero-order chi connectivity index (χ0) is 19.1. The molecule has 2 N–H and O–H groups in total. The third kappa shape index (κ3) is 5.93. The molecule has 138 valence electrons. The number of amides is 2. The Morgan fingerprint density at radius 2 is 1.88 bits per heavy atom. The van der Waals surface area contributed by atoms with Crippen LogP contribution < -0.4 is 15.4 Å². The first kappa shape index (κ1) is 20.1. The molecule has 0 aliphatic rings. The lowest BCUT2D eigenvalue weighted by Crippen LogP contribution is -2.25. The number of ether oxygens (including phenoxy) is 1. The predicted octanol–water partition coefficient (Wildman–Crippen LogP) is 4.19. The number of methoxy groups -OCH3 is 1. The highest BCUT2D eigenvalue weighted by atomic mass is 35.5. The van der Waals surface area contributed by atoms with Gasteiger partial charge in [-0.3, -0.25) is 9.59 Å². The Hall–Kier alpha value is -2.25. The van der Waals surface area contributed by atoms with Gasteiger partial charge in [0, 0.05) is 10.7 Å². The Labute approximate surface area is 160 Å². The van der Waals surface area contributed by atoms with Gasteiger partial charge in [-0.1, -0.05) is 11.6 Å². The van der Waals surface area contributed by atoms with Gasteiger partial charge in [-0.25, -0.2) is 4.39 Å². The summed E-state index contributed by atoms with van der Waals surface area (Å²) in [5.41, 5.74) is 0.964. The summed E-state index contributed by atoms with van der Waals surface area (Å²) in [5.74, 6) is -0.349. The molecule has 1 unspecified atom stereocenters. The second-order valence-electron chi connectivity index (χ2n) is 5.34. The van der Waals surface area contributed by atoms with Crippen LogP contribution in [0.1, 0.15) is 6.92 Å². The molecule has 0 heterocycles. The topological polar surface area (TPSA) is 67.4 Å². The van der Waals surface area contributed by atoms with Gasteiger partial charge in [0.1, 0.15) is 11.6 Å². The van der Waals surface area contributed by atoms with Crippen molar-refractivity contribution in [2.24, 2.45) is 0 Å². The fraction of sp³-hybridized carbons (Fsp3) is 0.222. The van der Waals surface area contributed by atoms with Crippen LogP contribution >= 0.6 is 23.4 Å². The average molecular weight is 397 g/mol. The molecule has 8 heteroatoms. The number of rotatable bonds is 7.